The quantitative estimate of drug-likeness (QED) is 0.536. The Hall–Kier alpha value is -2.42. The molecule has 0 fully saturated rings. The average molecular weight is 403 g/mol. The van der Waals surface area contributed by atoms with Gasteiger partial charge in [-0.15, -0.1) is 5.10 Å². The van der Waals surface area contributed by atoms with Crippen LogP contribution >= 0.6 is 23.6 Å². The fourth-order valence-electron chi connectivity index (χ4n) is 2.38. The van der Waals surface area contributed by atoms with Crippen LogP contribution in [0.2, 0.25) is 0 Å². The lowest BCUT2D eigenvalue weighted by Crippen LogP contribution is -2.27. The van der Waals surface area contributed by atoms with Crippen molar-refractivity contribution in [1.29, 1.82) is 0 Å². The molecule has 0 saturated heterocycles. The molecule has 2 aromatic carbocycles. The van der Waals surface area contributed by atoms with Crippen molar-refractivity contribution in [3.63, 3.8) is 0 Å². The SMILES string of the molecule is COc1ccc(Nc2nn(CN(C)CCOc3ccccc3)c(=S)s2)cc1. The third-order valence-electron chi connectivity index (χ3n) is 3.81. The van der Waals surface area contributed by atoms with Crippen molar-refractivity contribution in [1.82, 2.24) is 14.7 Å². The molecule has 3 rings (SSSR count). The Bertz CT molecular complexity index is 894. The van der Waals surface area contributed by atoms with Crippen LogP contribution in [0.1, 0.15) is 0 Å². The normalized spacial score (nSPS) is 10.8. The van der Waals surface area contributed by atoms with Gasteiger partial charge < -0.3 is 14.8 Å². The Morgan fingerprint density at radius 2 is 1.85 bits per heavy atom. The fourth-order valence-corrected chi connectivity index (χ4v) is 3.39. The summed E-state index contributed by atoms with van der Waals surface area (Å²) in [5, 5.41) is 8.60. The van der Waals surface area contributed by atoms with Gasteiger partial charge in [-0.3, -0.25) is 4.90 Å². The summed E-state index contributed by atoms with van der Waals surface area (Å²) in [4.78, 5) is 2.12. The van der Waals surface area contributed by atoms with Crippen LogP contribution in [0, 0.1) is 3.95 Å². The van der Waals surface area contributed by atoms with Crippen molar-refractivity contribution in [3.05, 3.63) is 58.6 Å². The lowest BCUT2D eigenvalue weighted by Gasteiger charge is -2.16. The first-order valence-electron chi connectivity index (χ1n) is 8.49. The molecule has 1 aromatic heterocycles. The Kier molecular flexibility index (Phi) is 6.80. The highest BCUT2D eigenvalue weighted by atomic mass is 32.1. The number of anilines is 2. The van der Waals surface area contributed by atoms with Gasteiger partial charge in [0.05, 0.1) is 13.8 Å². The molecule has 0 radical (unpaired) electrons. The zero-order valence-corrected chi connectivity index (χ0v) is 16.9. The van der Waals surface area contributed by atoms with Crippen LogP contribution in [0.5, 0.6) is 11.5 Å². The Labute approximate surface area is 168 Å². The van der Waals surface area contributed by atoms with Gasteiger partial charge in [0.2, 0.25) is 5.13 Å². The summed E-state index contributed by atoms with van der Waals surface area (Å²) in [6.07, 6.45) is 0. The first kappa shape index (κ1) is 19.3. The summed E-state index contributed by atoms with van der Waals surface area (Å²) in [5.41, 5.74) is 0.941. The van der Waals surface area contributed by atoms with E-state index in [0.29, 0.717) is 13.3 Å². The zero-order valence-electron chi connectivity index (χ0n) is 15.3. The second kappa shape index (κ2) is 9.50. The molecule has 0 aliphatic heterocycles. The van der Waals surface area contributed by atoms with Gasteiger partial charge in [-0.25, -0.2) is 4.68 Å². The minimum atomic E-state index is 0.606. The number of rotatable bonds is 9. The van der Waals surface area contributed by atoms with Gasteiger partial charge in [-0.2, -0.15) is 0 Å². The molecule has 0 amide bonds. The maximum atomic E-state index is 5.73. The van der Waals surface area contributed by atoms with E-state index < -0.39 is 0 Å². The largest absolute Gasteiger partial charge is 0.497 e. The number of hydrogen-bond acceptors (Lipinski definition) is 7. The number of methoxy groups -OCH3 is 1. The van der Waals surface area contributed by atoms with Gasteiger partial charge in [-0.1, -0.05) is 29.5 Å². The van der Waals surface area contributed by atoms with E-state index in [1.54, 1.807) is 7.11 Å². The summed E-state index contributed by atoms with van der Waals surface area (Å²) in [6.45, 7) is 1.99. The monoisotopic (exact) mass is 402 g/mol. The van der Waals surface area contributed by atoms with Gasteiger partial charge in [-0.05, 0) is 55.7 Å². The fraction of sp³-hybridized carbons (Fsp3) is 0.263. The van der Waals surface area contributed by atoms with Crippen molar-refractivity contribution in [2.75, 3.05) is 32.6 Å². The number of benzene rings is 2. The molecular formula is C19H22N4O2S2. The van der Waals surface area contributed by atoms with E-state index in [2.05, 4.69) is 15.3 Å². The van der Waals surface area contributed by atoms with E-state index in [1.165, 1.54) is 11.3 Å². The van der Waals surface area contributed by atoms with Gasteiger partial charge in [0.15, 0.2) is 3.95 Å². The molecule has 1 heterocycles. The first-order valence-corrected chi connectivity index (χ1v) is 9.72. The summed E-state index contributed by atoms with van der Waals surface area (Å²) in [7, 11) is 3.67. The molecule has 27 heavy (non-hydrogen) atoms. The highest BCUT2D eigenvalue weighted by Gasteiger charge is 2.07. The highest BCUT2D eigenvalue weighted by Crippen LogP contribution is 2.22. The Morgan fingerprint density at radius 3 is 2.56 bits per heavy atom. The van der Waals surface area contributed by atoms with Crippen LogP contribution in [0.25, 0.3) is 0 Å². The van der Waals surface area contributed by atoms with E-state index in [0.717, 1.165) is 32.8 Å². The van der Waals surface area contributed by atoms with Crippen molar-refractivity contribution in [3.8, 4) is 11.5 Å². The number of nitrogens with zero attached hydrogens (tertiary/aromatic N) is 3. The molecular weight excluding hydrogens is 380 g/mol. The van der Waals surface area contributed by atoms with E-state index in [1.807, 2.05) is 66.3 Å². The van der Waals surface area contributed by atoms with E-state index >= 15 is 0 Å². The molecule has 3 aromatic rings. The number of likely N-dealkylation sites (N-methyl/N-ethyl adjacent to an activating group) is 1. The number of ether oxygens (including phenoxy) is 2. The zero-order chi connectivity index (χ0) is 19.1. The molecule has 0 bridgehead atoms. The van der Waals surface area contributed by atoms with Crippen LogP contribution < -0.4 is 14.8 Å². The van der Waals surface area contributed by atoms with Gasteiger partial charge in [0, 0.05) is 12.2 Å². The van der Waals surface area contributed by atoms with Crippen LogP contribution in [0.3, 0.4) is 0 Å². The molecule has 142 valence electrons. The standard InChI is InChI=1S/C19H22N4O2S2/c1-22(12-13-25-17-6-4-3-5-7-17)14-23-19(26)27-18(21-23)20-15-8-10-16(24-2)11-9-15/h3-11H,12-14H2,1-2H3,(H,20,21). The summed E-state index contributed by atoms with van der Waals surface area (Å²) < 4.78 is 13.4. The number of para-hydroxylation sites is 1. The topological polar surface area (TPSA) is 51.5 Å². The van der Waals surface area contributed by atoms with Crippen molar-refractivity contribution >= 4 is 34.4 Å². The molecule has 0 atom stereocenters. The minimum Gasteiger partial charge on any atom is -0.497 e. The van der Waals surface area contributed by atoms with Crippen LogP contribution in [-0.2, 0) is 6.67 Å². The van der Waals surface area contributed by atoms with Crippen molar-refractivity contribution < 1.29 is 9.47 Å². The van der Waals surface area contributed by atoms with Crippen molar-refractivity contribution in [2.45, 2.75) is 6.67 Å². The van der Waals surface area contributed by atoms with Crippen LogP contribution in [0.4, 0.5) is 10.8 Å². The van der Waals surface area contributed by atoms with E-state index in [9.17, 15) is 0 Å². The van der Waals surface area contributed by atoms with Gasteiger partial charge >= 0.3 is 0 Å². The molecule has 1 N–H and O–H groups in total. The molecule has 0 saturated carbocycles. The maximum absolute atomic E-state index is 5.73. The molecule has 0 spiro atoms. The molecule has 8 heteroatoms. The lowest BCUT2D eigenvalue weighted by molar-refractivity contribution is 0.198. The number of aromatic nitrogens is 2. The summed E-state index contributed by atoms with van der Waals surface area (Å²) in [5.74, 6) is 1.69. The van der Waals surface area contributed by atoms with E-state index in [4.69, 9.17) is 21.7 Å². The van der Waals surface area contributed by atoms with E-state index in [-0.39, 0.29) is 0 Å². The number of hydrogen-bond donors (Lipinski definition) is 1. The van der Waals surface area contributed by atoms with Gasteiger partial charge in [0.25, 0.3) is 0 Å². The highest BCUT2D eigenvalue weighted by molar-refractivity contribution is 7.73. The average Bonchev–Trinajstić information content (AvgIpc) is 3.02. The molecule has 0 aliphatic carbocycles. The molecule has 0 unspecified atom stereocenters. The minimum absolute atomic E-state index is 0.606. The summed E-state index contributed by atoms with van der Waals surface area (Å²) >= 11 is 6.89. The predicted octanol–water partition coefficient (Wildman–Crippen LogP) is 4.39. The van der Waals surface area contributed by atoms with Gasteiger partial charge in [0.1, 0.15) is 18.1 Å². The Balaban J connectivity index is 1.51. The van der Waals surface area contributed by atoms with Crippen LogP contribution in [0.15, 0.2) is 54.6 Å². The van der Waals surface area contributed by atoms with Crippen molar-refractivity contribution in [2.24, 2.45) is 0 Å². The smallest absolute Gasteiger partial charge is 0.209 e. The number of nitrogens with one attached hydrogen (secondary N) is 1. The Morgan fingerprint density at radius 1 is 1.11 bits per heavy atom. The third kappa shape index (κ3) is 5.78. The second-order valence-electron chi connectivity index (χ2n) is 5.91. The lowest BCUT2D eigenvalue weighted by atomic mass is 10.3. The maximum Gasteiger partial charge on any atom is 0.209 e. The van der Waals surface area contributed by atoms with Crippen LogP contribution in [-0.4, -0.2) is 42.0 Å². The molecule has 6 nitrogen and oxygen atoms in total. The first-order chi connectivity index (χ1) is 13.1. The third-order valence-corrected chi connectivity index (χ3v) is 5.03. The summed E-state index contributed by atoms with van der Waals surface area (Å²) in [6, 6.07) is 17.5. The molecule has 0 aliphatic rings. The predicted molar refractivity (Wildman–Crippen MR) is 112 cm³/mol. The second-order valence-corrected chi connectivity index (χ2v) is 7.53.